The Hall–Kier alpha value is -2.30. The van der Waals surface area contributed by atoms with Gasteiger partial charge in [-0.15, -0.1) is 0 Å². The van der Waals surface area contributed by atoms with E-state index in [-0.39, 0.29) is 17.9 Å². The van der Waals surface area contributed by atoms with Crippen molar-refractivity contribution >= 4 is 11.6 Å². The lowest BCUT2D eigenvalue weighted by Gasteiger charge is -2.36. The van der Waals surface area contributed by atoms with Gasteiger partial charge >= 0.3 is 0 Å². The Morgan fingerprint density at radius 3 is 3.18 bits per heavy atom. The fraction of sp³-hybridized carbons (Fsp3) is 0.412. The number of aromatic amines is 1. The first kappa shape index (κ1) is 13.4. The van der Waals surface area contributed by atoms with Gasteiger partial charge in [0.25, 0.3) is 0 Å². The molecule has 4 rings (SSSR count). The summed E-state index contributed by atoms with van der Waals surface area (Å²) in [6.45, 7) is 2.59. The van der Waals surface area contributed by atoms with Crippen LogP contribution in [0.4, 0.5) is 5.69 Å². The normalized spacial score (nSPS) is 23.4. The average Bonchev–Trinajstić information content (AvgIpc) is 3.02. The smallest absolute Gasteiger partial charge is 0.236 e. The van der Waals surface area contributed by atoms with Crippen molar-refractivity contribution in [2.45, 2.75) is 38.2 Å². The molecular formula is C17H19N3O2. The number of hydrogen-bond acceptors (Lipinski definition) is 3. The third-order valence-corrected chi connectivity index (χ3v) is 4.49. The van der Waals surface area contributed by atoms with Crippen LogP contribution in [0.25, 0.3) is 0 Å². The van der Waals surface area contributed by atoms with E-state index in [0.29, 0.717) is 6.54 Å². The van der Waals surface area contributed by atoms with Gasteiger partial charge < -0.3 is 14.6 Å². The van der Waals surface area contributed by atoms with Gasteiger partial charge in [0.2, 0.25) is 5.91 Å². The van der Waals surface area contributed by atoms with E-state index in [2.05, 4.69) is 9.97 Å². The number of carbonyl (C=O) groups excluding carboxylic acids is 1. The second-order valence-electron chi connectivity index (χ2n) is 6.06. The predicted molar refractivity (Wildman–Crippen MR) is 83.2 cm³/mol. The van der Waals surface area contributed by atoms with Gasteiger partial charge in [0.05, 0.1) is 30.2 Å². The summed E-state index contributed by atoms with van der Waals surface area (Å²) in [6, 6.07) is 7.75. The van der Waals surface area contributed by atoms with Crippen LogP contribution in [0, 0.1) is 0 Å². The molecule has 2 atom stereocenters. The average molecular weight is 297 g/mol. The first-order valence-corrected chi connectivity index (χ1v) is 7.83. The third kappa shape index (κ3) is 2.08. The van der Waals surface area contributed by atoms with E-state index in [1.807, 2.05) is 36.1 Å². The number of H-pyrrole nitrogens is 1. The molecule has 0 saturated heterocycles. The number of carbonyl (C=O) groups is 1. The molecule has 22 heavy (non-hydrogen) atoms. The molecule has 114 valence electrons. The Balaban J connectivity index is 1.70. The number of benzene rings is 1. The quantitative estimate of drug-likeness (QED) is 0.880. The molecular weight excluding hydrogens is 278 g/mol. The SMILES string of the molecule is CC1CN(C(=O)C2CCCc3[nH]cnc32)c2ccccc2O1. The van der Waals surface area contributed by atoms with Crippen molar-refractivity contribution < 1.29 is 9.53 Å². The van der Waals surface area contributed by atoms with Crippen molar-refractivity contribution in [2.75, 3.05) is 11.4 Å². The van der Waals surface area contributed by atoms with Crippen LogP contribution < -0.4 is 9.64 Å². The van der Waals surface area contributed by atoms with Crippen molar-refractivity contribution in [1.82, 2.24) is 9.97 Å². The van der Waals surface area contributed by atoms with Gasteiger partial charge in [-0.3, -0.25) is 4.79 Å². The predicted octanol–water partition coefficient (Wildman–Crippen LogP) is 2.64. The third-order valence-electron chi connectivity index (χ3n) is 4.49. The number of anilines is 1. The standard InChI is InChI=1S/C17H19N3O2/c1-11-9-20(14-7-2-3-8-15(14)22-11)17(21)12-5-4-6-13-16(12)19-10-18-13/h2-3,7-8,10-12H,4-6,9H2,1H3,(H,18,19). The number of rotatable bonds is 1. The number of amides is 1. The van der Waals surface area contributed by atoms with Crippen molar-refractivity contribution in [3.8, 4) is 5.75 Å². The number of hydrogen-bond donors (Lipinski definition) is 1. The van der Waals surface area contributed by atoms with Gasteiger partial charge in [0.15, 0.2) is 0 Å². The lowest BCUT2D eigenvalue weighted by atomic mass is 9.88. The fourth-order valence-corrected chi connectivity index (χ4v) is 3.48. The minimum absolute atomic E-state index is 0.00101. The summed E-state index contributed by atoms with van der Waals surface area (Å²) >= 11 is 0. The Morgan fingerprint density at radius 1 is 1.41 bits per heavy atom. The summed E-state index contributed by atoms with van der Waals surface area (Å²) in [5, 5.41) is 0. The molecule has 2 aromatic rings. The molecule has 2 heterocycles. The zero-order valence-electron chi connectivity index (χ0n) is 12.6. The van der Waals surface area contributed by atoms with Crippen LogP contribution in [0.1, 0.15) is 37.1 Å². The number of aromatic nitrogens is 2. The maximum absolute atomic E-state index is 13.1. The van der Waals surface area contributed by atoms with E-state index in [0.717, 1.165) is 42.1 Å². The molecule has 2 aliphatic rings. The highest BCUT2D eigenvalue weighted by atomic mass is 16.5. The van der Waals surface area contributed by atoms with E-state index < -0.39 is 0 Å². The molecule has 1 aromatic carbocycles. The van der Waals surface area contributed by atoms with E-state index in [1.54, 1.807) is 6.33 Å². The molecule has 1 aromatic heterocycles. The van der Waals surface area contributed by atoms with Crippen LogP contribution in [0.2, 0.25) is 0 Å². The van der Waals surface area contributed by atoms with Gasteiger partial charge in [-0.2, -0.15) is 0 Å². The molecule has 0 radical (unpaired) electrons. The number of nitrogens with one attached hydrogen (secondary N) is 1. The summed E-state index contributed by atoms with van der Waals surface area (Å²) in [4.78, 5) is 22.6. The number of aryl methyl sites for hydroxylation is 1. The molecule has 0 spiro atoms. The highest BCUT2D eigenvalue weighted by Crippen LogP contribution is 2.37. The van der Waals surface area contributed by atoms with Crippen LogP contribution in [-0.2, 0) is 11.2 Å². The second-order valence-corrected chi connectivity index (χ2v) is 6.06. The molecule has 2 unspecified atom stereocenters. The van der Waals surface area contributed by atoms with Crippen molar-refractivity contribution in [3.05, 3.63) is 42.0 Å². The topological polar surface area (TPSA) is 58.2 Å². The zero-order chi connectivity index (χ0) is 15.1. The molecule has 5 heteroatoms. The Bertz CT molecular complexity index is 709. The molecule has 0 saturated carbocycles. The first-order valence-electron chi connectivity index (χ1n) is 7.83. The molecule has 1 aliphatic heterocycles. The summed E-state index contributed by atoms with van der Waals surface area (Å²) < 4.78 is 5.84. The molecule has 1 amide bonds. The monoisotopic (exact) mass is 297 g/mol. The van der Waals surface area contributed by atoms with Crippen LogP contribution >= 0.6 is 0 Å². The van der Waals surface area contributed by atoms with Gasteiger partial charge in [0.1, 0.15) is 11.9 Å². The maximum Gasteiger partial charge on any atom is 0.236 e. The molecule has 5 nitrogen and oxygen atoms in total. The second kappa shape index (κ2) is 5.16. The summed E-state index contributed by atoms with van der Waals surface area (Å²) in [7, 11) is 0. The molecule has 1 N–H and O–H groups in total. The van der Waals surface area contributed by atoms with E-state index in [1.165, 1.54) is 0 Å². The van der Waals surface area contributed by atoms with Crippen LogP contribution in [-0.4, -0.2) is 28.5 Å². The van der Waals surface area contributed by atoms with E-state index in [9.17, 15) is 4.79 Å². The minimum atomic E-state index is -0.145. The fourth-order valence-electron chi connectivity index (χ4n) is 3.48. The van der Waals surface area contributed by atoms with Gasteiger partial charge in [0, 0.05) is 5.69 Å². The number of imidazole rings is 1. The molecule has 1 aliphatic carbocycles. The lowest BCUT2D eigenvalue weighted by Crippen LogP contribution is -2.45. The Kier molecular flexibility index (Phi) is 3.13. The van der Waals surface area contributed by atoms with E-state index >= 15 is 0 Å². The Labute approximate surface area is 129 Å². The summed E-state index contributed by atoms with van der Waals surface area (Å²) in [5.41, 5.74) is 2.90. The van der Waals surface area contributed by atoms with Crippen LogP contribution in [0.5, 0.6) is 5.75 Å². The maximum atomic E-state index is 13.1. The van der Waals surface area contributed by atoms with Gasteiger partial charge in [-0.25, -0.2) is 4.98 Å². The van der Waals surface area contributed by atoms with Crippen molar-refractivity contribution in [3.63, 3.8) is 0 Å². The van der Waals surface area contributed by atoms with Crippen molar-refractivity contribution in [2.24, 2.45) is 0 Å². The number of fused-ring (bicyclic) bond motifs is 2. The number of para-hydroxylation sites is 2. The summed E-state index contributed by atoms with van der Waals surface area (Å²) in [6.07, 6.45) is 4.57. The lowest BCUT2D eigenvalue weighted by molar-refractivity contribution is -0.120. The van der Waals surface area contributed by atoms with Crippen LogP contribution in [0.15, 0.2) is 30.6 Å². The highest BCUT2D eigenvalue weighted by molar-refractivity contribution is 5.99. The molecule has 0 fully saturated rings. The summed E-state index contributed by atoms with van der Waals surface area (Å²) in [5.74, 6) is 0.775. The van der Waals surface area contributed by atoms with Gasteiger partial charge in [-0.05, 0) is 38.3 Å². The first-order chi connectivity index (χ1) is 10.7. The molecule has 0 bridgehead atoms. The Morgan fingerprint density at radius 2 is 2.27 bits per heavy atom. The van der Waals surface area contributed by atoms with Gasteiger partial charge in [-0.1, -0.05) is 12.1 Å². The zero-order valence-corrected chi connectivity index (χ0v) is 12.6. The minimum Gasteiger partial charge on any atom is -0.487 e. The van der Waals surface area contributed by atoms with Crippen molar-refractivity contribution in [1.29, 1.82) is 0 Å². The largest absolute Gasteiger partial charge is 0.487 e. The number of nitrogens with zero attached hydrogens (tertiary/aromatic N) is 2. The highest BCUT2D eigenvalue weighted by Gasteiger charge is 2.35. The number of ether oxygens (including phenoxy) is 1. The van der Waals surface area contributed by atoms with E-state index in [4.69, 9.17) is 4.74 Å². The van der Waals surface area contributed by atoms with Crippen LogP contribution in [0.3, 0.4) is 0 Å².